The molecule has 0 bridgehead atoms. The molecule has 0 aliphatic heterocycles. The van der Waals surface area contributed by atoms with Crippen LogP contribution in [0.5, 0.6) is 11.5 Å². The lowest BCUT2D eigenvalue weighted by atomic mass is 10.3. The van der Waals surface area contributed by atoms with Gasteiger partial charge < -0.3 is 4.74 Å². The fraction of sp³-hybridized carbons (Fsp3) is 0. The summed E-state index contributed by atoms with van der Waals surface area (Å²) in [6.45, 7) is 0. The van der Waals surface area contributed by atoms with Crippen molar-refractivity contribution in [3.8, 4) is 11.5 Å². The zero-order valence-electron chi connectivity index (χ0n) is 9.57. The number of ether oxygens (including phenoxy) is 1. The number of halogens is 4. The second kappa shape index (κ2) is 6.00. The number of benzene rings is 2. The van der Waals surface area contributed by atoms with E-state index in [4.69, 9.17) is 4.74 Å². The number of rotatable bonds is 3. The fourth-order valence-electron chi connectivity index (χ4n) is 1.42. The molecule has 2 aromatic rings. The topological polar surface area (TPSA) is 52.4 Å². The molecule has 0 saturated heterocycles. The molecule has 20 heavy (non-hydrogen) atoms. The van der Waals surface area contributed by atoms with Crippen LogP contribution >= 0.6 is 38.5 Å². The van der Waals surface area contributed by atoms with Gasteiger partial charge in [0.25, 0.3) is 0 Å². The zero-order valence-corrected chi connectivity index (χ0v) is 13.3. The molecule has 0 aliphatic carbocycles. The summed E-state index contributed by atoms with van der Waals surface area (Å²) in [5.74, 6) is -1.23. The van der Waals surface area contributed by atoms with Gasteiger partial charge in [-0.1, -0.05) is 0 Å². The molecule has 0 saturated carbocycles. The van der Waals surface area contributed by atoms with Gasteiger partial charge in [0.1, 0.15) is 17.4 Å². The third-order valence-electron chi connectivity index (χ3n) is 2.31. The summed E-state index contributed by atoms with van der Waals surface area (Å²) < 4.78 is 32.1. The van der Waals surface area contributed by atoms with Crippen LogP contribution in [-0.4, -0.2) is 4.92 Å². The lowest BCUT2D eigenvalue weighted by Crippen LogP contribution is -1.97. The molecule has 2 aromatic carbocycles. The molecule has 0 amide bonds. The average Bonchev–Trinajstić information content (AvgIpc) is 2.36. The van der Waals surface area contributed by atoms with E-state index in [2.05, 4.69) is 15.9 Å². The maximum atomic E-state index is 13.5. The molecule has 0 unspecified atom stereocenters. The standard InChI is InChI=1S/C12H5BrF2INO3/c13-7-3-6(14)1-2-11(7)20-12-4-8(15)9(16)5-10(12)17(18)19/h1-5H. The monoisotopic (exact) mass is 455 g/mol. The van der Waals surface area contributed by atoms with Crippen molar-refractivity contribution >= 4 is 44.2 Å². The Morgan fingerprint density at radius 2 is 1.90 bits per heavy atom. The Morgan fingerprint density at radius 3 is 2.50 bits per heavy atom. The van der Waals surface area contributed by atoms with Gasteiger partial charge in [-0.15, -0.1) is 0 Å². The number of hydrogen-bond acceptors (Lipinski definition) is 3. The van der Waals surface area contributed by atoms with E-state index in [0.29, 0.717) is 0 Å². The first-order valence-electron chi connectivity index (χ1n) is 5.15. The highest BCUT2D eigenvalue weighted by atomic mass is 127. The second-order valence-electron chi connectivity index (χ2n) is 3.67. The van der Waals surface area contributed by atoms with Crippen LogP contribution in [0.4, 0.5) is 14.5 Å². The first-order chi connectivity index (χ1) is 9.38. The molecule has 104 valence electrons. The predicted octanol–water partition coefficient (Wildman–Crippen LogP) is 5.03. The predicted molar refractivity (Wildman–Crippen MR) is 79.9 cm³/mol. The Morgan fingerprint density at radius 1 is 1.20 bits per heavy atom. The van der Waals surface area contributed by atoms with Crippen molar-refractivity contribution in [3.63, 3.8) is 0 Å². The number of hydrogen-bond donors (Lipinski definition) is 0. The number of nitro groups is 1. The highest BCUT2D eigenvalue weighted by molar-refractivity contribution is 14.1. The Balaban J connectivity index is 2.47. The molecular formula is C12H5BrF2INO3. The molecule has 0 N–H and O–H groups in total. The molecule has 0 atom stereocenters. The van der Waals surface area contributed by atoms with Gasteiger partial charge in [0.05, 0.1) is 13.0 Å². The maximum absolute atomic E-state index is 13.5. The summed E-state index contributed by atoms with van der Waals surface area (Å²) in [6.07, 6.45) is 0. The van der Waals surface area contributed by atoms with Crippen molar-refractivity contribution in [1.82, 2.24) is 0 Å². The van der Waals surface area contributed by atoms with E-state index in [1.54, 1.807) is 22.6 Å². The van der Waals surface area contributed by atoms with Crippen LogP contribution in [0.3, 0.4) is 0 Å². The van der Waals surface area contributed by atoms with Crippen molar-refractivity contribution < 1.29 is 18.4 Å². The molecule has 0 radical (unpaired) electrons. The van der Waals surface area contributed by atoms with E-state index in [1.807, 2.05) is 0 Å². The zero-order chi connectivity index (χ0) is 14.9. The largest absolute Gasteiger partial charge is 0.449 e. The molecule has 0 fully saturated rings. The summed E-state index contributed by atoms with van der Waals surface area (Å²) in [6, 6.07) is 5.57. The van der Waals surface area contributed by atoms with E-state index in [1.165, 1.54) is 6.07 Å². The Labute approximate surface area is 134 Å². The van der Waals surface area contributed by atoms with E-state index >= 15 is 0 Å². The van der Waals surface area contributed by atoms with Gasteiger partial charge in [0, 0.05) is 12.1 Å². The summed E-state index contributed by atoms with van der Waals surface area (Å²) >= 11 is 4.72. The van der Waals surface area contributed by atoms with E-state index in [0.717, 1.165) is 24.3 Å². The highest BCUT2D eigenvalue weighted by Crippen LogP contribution is 2.37. The van der Waals surface area contributed by atoms with Crippen LogP contribution in [0, 0.1) is 25.3 Å². The average molecular weight is 456 g/mol. The van der Waals surface area contributed by atoms with Crippen molar-refractivity contribution in [2.75, 3.05) is 0 Å². The van der Waals surface area contributed by atoms with Gasteiger partial charge in [-0.3, -0.25) is 10.1 Å². The van der Waals surface area contributed by atoms with Gasteiger partial charge in [0.15, 0.2) is 0 Å². The van der Waals surface area contributed by atoms with E-state index in [9.17, 15) is 18.9 Å². The van der Waals surface area contributed by atoms with Crippen molar-refractivity contribution in [2.45, 2.75) is 0 Å². The van der Waals surface area contributed by atoms with Crippen molar-refractivity contribution in [3.05, 3.63) is 60.1 Å². The molecule has 0 aliphatic rings. The van der Waals surface area contributed by atoms with Crippen molar-refractivity contribution in [2.24, 2.45) is 0 Å². The lowest BCUT2D eigenvalue weighted by molar-refractivity contribution is -0.385. The summed E-state index contributed by atoms with van der Waals surface area (Å²) in [4.78, 5) is 10.3. The quantitative estimate of drug-likeness (QED) is 0.370. The SMILES string of the molecule is O=[N+]([O-])c1cc(I)c(F)cc1Oc1ccc(F)cc1Br. The highest BCUT2D eigenvalue weighted by Gasteiger charge is 2.20. The lowest BCUT2D eigenvalue weighted by Gasteiger charge is -2.09. The molecule has 0 aromatic heterocycles. The van der Waals surface area contributed by atoms with Crippen LogP contribution in [-0.2, 0) is 0 Å². The van der Waals surface area contributed by atoms with Crippen LogP contribution < -0.4 is 4.74 Å². The molecule has 0 spiro atoms. The first-order valence-corrected chi connectivity index (χ1v) is 7.02. The third-order valence-corrected chi connectivity index (χ3v) is 3.76. The van der Waals surface area contributed by atoms with E-state index in [-0.39, 0.29) is 25.2 Å². The van der Waals surface area contributed by atoms with E-state index < -0.39 is 16.6 Å². The second-order valence-corrected chi connectivity index (χ2v) is 5.68. The molecule has 0 heterocycles. The van der Waals surface area contributed by atoms with Gasteiger partial charge in [-0.25, -0.2) is 8.78 Å². The first kappa shape index (κ1) is 15.1. The fourth-order valence-corrected chi connectivity index (χ4v) is 2.30. The van der Waals surface area contributed by atoms with Crippen molar-refractivity contribution in [1.29, 1.82) is 0 Å². The minimum absolute atomic E-state index is 0.111. The van der Waals surface area contributed by atoms with Gasteiger partial charge in [-0.05, 0) is 56.7 Å². The van der Waals surface area contributed by atoms with Crippen LogP contribution in [0.15, 0.2) is 34.8 Å². The normalized spacial score (nSPS) is 10.4. The molecule has 4 nitrogen and oxygen atoms in total. The van der Waals surface area contributed by atoms with Crippen LogP contribution in [0.1, 0.15) is 0 Å². The smallest absolute Gasteiger partial charge is 0.312 e. The number of nitro benzene ring substituents is 1. The maximum Gasteiger partial charge on any atom is 0.312 e. The summed E-state index contributed by atoms with van der Waals surface area (Å²) in [7, 11) is 0. The Kier molecular flexibility index (Phi) is 4.53. The Bertz CT molecular complexity index is 697. The molecular weight excluding hydrogens is 451 g/mol. The van der Waals surface area contributed by atoms with Gasteiger partial charge in [-0.2, -0.15) is 0 Å². The molecule has 2 rings (SSSR count). The molecule has 8 heteroatoms. The summed E-state index contributed by atoms with van der Waals surface area (Å²) in [5, 5.41) is 10.9. The number of nitrogens with zero attached hydrogens (tertiary/aromatic N) is 1. The third kappa shape index (κ3) is 3.23. The Hall–Kier alpha value is -1.29. The minimum atomic E-state index is -0.672. The minimum Gasteiger partial charge on any atom is -0.449 e. The van der Waals surface area contributed by atoms with Crippen LogP contribution in [0.2, 0.25) is 0 Å². The van der Waals surface area contributed by atoms with Gasteiger partial charge >= 0.3 is 5.69 Å². The van der Waals surface area contributed by atoms with Crippen LogP contribution in [0.25, 0.3) is 0 Å². The van der Waals surface area contributed by atoms with Gasteiger partial charge in [0.2, 0.25) is 5.75 Å². The summed E-state index contributed by atoms with van der Waals surface area (Å²) in [5.41, 5.74) is -0.368.